The SMILES string of the molecule is CCC1(CC)CNCC2(CCCC(C(C)(C)C)CC2)O1. The first kappa shape index (κ1) is 16.3. The van der Waals surface area contributed by atoms with Crippen LogP contribution in [0.3, 0.4) is 0 Å². The fraction of sp³-hybridized carbons (Fsp3) is 1.00. The van der Waals surface area contributed by atoms with E-state index in [1.807, 2.05) is 0 Å². The molecule has 0 aromatic heterocycles. The van der Waals surface area contributed by atoms with E-state index in [-0.39, 0.29) is 11.2 Å². The van der Waals surface area contributed by atoms with Crippen LogP contribution < -0.4 is 5.32 Å². The molecule has 1 saturated heterocycles. The third-order valence-corrected chi connectivity index (χ3v) is 5.97. The van der Waals surface area contributed by atoms with Gasteiger partial charge in [-0.3, -0.25) is 0 Å². The molecule has 0 amide bonds. The minimum Gasteiger partial charge on any atom is -0.366 e. The van der Waals surface area contributed by atoms with Crippen molar-refractivity contribution in [3.8, 4) is 0 Å². The van der Waals surface area contributed by atoms with Gasteiger partial charge in [-0.2, -0.15) is 0 Å². The molecule has 0 aromatic rings. The summed E-state index contributed by atoms with van der Waals surface area (Å²) >= 11 is 0. The molecule has 20 heavy (non-hydrogen) atoms. The Hall–Kier alpha value is -0.0800. The molecule has 2 fully saturated rings. The molecule has 1 aliphatic carbocycles. The second-order valence-corrected chi connectivity index (χ2v) is 8.27. The van der Waals surface area contributed by atoms with Gasteiger partial charge in [0.2, 0.25) is 0 Å². The minimum absolute atomic E-state index is 0.0832. The number of rotatable bonds is 2. The highest BCUT2D eigenvalue weighted by atomic mass is 16.5. The first-order valence-corrected chi connectivity index (χ1v) is 8.76. The third kappa shape index (κ3) is 3.39. The molecule has 1 aliphatic heterocycles. The number of nitrogens with one attached hydrogen (secondary N) is 1. The van der Waals surface area contributed by atoms with Crippen molar-refractivity contribution in [3.05, 3.63) is 0 Å². The molecule has 2 rings (SSSR count). The Morgan fingerprint density at radius 1 is 1.05 bits per heavy atom. The largest absolute Gasteiger partial charge is 0.366 e. The summed E-state index contributed by atoms with van der Waals surface area (Å²) in [5.41, 5.74) is 0.643. The van der Waals surface area contributed by atoms with Crippen LogP contribution in [0.5, 0.6) is 0 Å². The zero-order valence-corrected chi connectivity index (χ0v) is 14.3. The lowest BCUT2D eigenvalue weighted by molar-refractivity contribution is -0.187. The van der Waals surface area contributed by atoms with Crippen molar-refractivity contribution in [3.63, 3.8) is 0 Å². The molecule has 0 radical (unpaired) electrons. The molecule has 118 valence electrons. The standard InChI is InChI=1S/C18H35NO/c1-6-17(7-2)13-19-14-18(20-17)11-8-9-15(10-12-18)16(3,4)5/h15,19H,6-14H2,1-5H3. The van der Waals surface area contributed by atoms with E-state index in [4.69, 9.17) is 4.74 Å². The molecule has 1 N–H and O–H groups in total. The topological polar surface area (TPSA) is 21.3 Å². The Balaban J connectivity index is 2.08. The molecule has 1 saturated carbocycles. The highest BCUT2D eigenvalue weighted by Gasteiger charge is 2.45. The van der Waals surface area contributed by atoms with Crippen LogP contribution in [0.4, 0.5) is 0 Å². The monoisotopic (exact) mass is 281 g/mol. The summed E-state index contributed by atoms with van der Waals surface area (Å²) in [4.78, 5) is 0. The van der Waals surface area contributed by atoms with Crippen molar-refractivity contribution in [1.82, 2.24) is 5.32 Å². The summed E-state index contributed by atoms with van der Waals surface area (Å²) in [7, 11) is 0. The van der Waals surface area contributed by atoms with E-state index in [0.29, 0.717) is 5.41 Å². The van der Waals surface area contributed by atoms with Crippen LogP contribution in [0.1, 0.15) is 79.6 Å². The molecule has 2 atom stereocenters. The highest BCUT2D eigenvalue weighted by molar-refractivity contribution is 4.98. The normalized spacial score (nSPS) is 35.0. The smallest absolute Gasteiger partial charge is 0.0814 e. The first-order chi connectivity index (χ1) is 9.35. The number of hydrogen-bond acceptors (Lipinski definition) is 2. The van der Waals surface area contributed by atoms with Crippen molar-refractivity contribution < 1.29 is 4.74 Å². The van der Waals surface area contributed by atoms with E-state index < -0.39 is 0 Å². The third-order valence-electron chi connectivity index (χ3n) is 5.97. The van der Waals surface area contributed by atoms with Gasteiger partial charge in [0.05, 0.1) is 11.2 Å². The summed E-state index contributed by atoms with van der Waals surface area (Å²) in [6, 6.07) is 0. The summed E-state index contributed by atoms with van der Waals surface area (Å²) in [5.74, 6) is 0.852. The van der Waals surface area contributed by atoms with E-state index in [1.54, 1.807) is 0 Å². The number of hydrogen-bond donors (Lipinski definition) is 1. The fourth-order valence-corrected chi connectivity index (χ4v) is 4.22. The minimum atomic E-state index is 0.0832. The van der Waals surface area contributed by atoms with Gasteiger partial charge in [-0.1, -0.05) is 41.0 Å². The lowest BCUT2D eigenvalue weighted by atomic mass is 9.76. The van der Waals surface area contributed by atoms with Gasteiger partial charge in [-0.25, -0.2) is 0 Å². The Morgan fingerprint density at radius 3 is 2.35 bits per heavy atom. The molecule has 2 aliphatic rings. The predicted octanol–water partition coefficient (Wildman–Crippen LogP) is 4.53. The molecule has 0 bridgehead atoms. The van der Waals surface area contributed by atoms with Crippen LogP contribution in [0.2, 0.25) is 0 Å². The zero-order chi connectivity index (χ0) is 14.9. The van der Waals surface area contributed by atoms with Gasteiger partial charge in [0, 0.05) is 13.1 Å². The molecular weight excluding hydrogens is 246 g/mol. The van der Waals surface area contributed by atoms with Crippen LogP contribution >= 0.6 is 0 Å². The van der Waals surface area contributed by atoms with E-state index in [9.17, 15) is 0 Å². The molecule has 0 aromatic carbocycles. The zero-order valence-electron chi connectivity index (χ0n) is 14.3. The Kier molecular flexibility index (Phi) is 4.86. The molecular formula is C18H35NO. The Labute approximate surface area is 126 Å². The fourth-order valence-electron chi connectivity index (χ4n) is 4.22. The van der Waals surface area contributed by atoms with Crippen LogP contribution in [0, 0.1) is 11.3 Å². The molecule has 1 heterocycles. The van der Waals surface area contributed by atoms with Gasteiger partial charge < -0.3 is 10.1 Å². The maximum Gasteiger partial charge on any atom is 0.0814 e. The van der Waals surface area contributed by atoms with Crippen LogP contribution in [0.15, 0.2) is 0 Å². The van der Waals surface area contributed by atoms with Gasteiger partial charge >= 0.3 is 0 Å². The Bertz CT molecular complexity index is 316. The lowest BCUT2D eigenvalue weighted by Crippen LogP contribution is -2.60. The van der Waals surface area contributed by atoms with Crippen molar-refractivity contribution in [2.24, 2.45) is 11.3 Å². The van der Waals surface area contributed by atoms with E-state index in [0.717, 1.165) is 31.8 Å². The van der Waals surface area contributed by atoms with E-state index in [2.05, 4.69) is 39.9 Å². The lowest BCUT2D eigenvalue weighted by Gasteiger charge is -2.48. The summed E-state index contributed by atoms with van der Waals surface area (Å²) in [5, 5.41) is 3.69. The van der Waals surface area contributed by atoms with E-state index in [1.165, 1.54) is 32.1 Å². The summed E-state index contributed by atoms with van der Waals surface area (Å²) in [6.45, 7) is 13.8. The Morgan fingerprint density at radius 2 is 1.75 bits per heavy atom. The van der Waals surface area contributed by atoms with Gasteiger partial charge in [-0.05, 0) is 49.9 Å². The van der Waals surface area contributed by atoms with Crippen LogP contribution in [-0.4, -0.2) is 24.3 Å². The first-order valence-electron chi connectivity index (χ1n) is 8.76. The predicted molar refractivity (Wildman–Crippen MR) is 86.0 cm³/mol. The van der Waals surface area contributed by atoms with Gasteiger partial charge in [0.15, 0.2) is 0 Å². The van der Waals surface area contributed by atoms with Crippen molar-refractivity contribution in [2.45, 2.75) is 90.8 Å². The maximum absolute atomic E-state index is 6.78. The van der Waals surface area contributed by atoms with Crippen molar-refractivity contribution >= 4 is 0 Å². The average molecular weight is 281 g/mol. The van der Waals surface area contributed by atoms with Crippen molar-refractivity contribution in [1.29, 1.82) is 0 Å². The highest BCUT2D eigenvalue weighted by Crippen LogP contribution is 2.44. The van der Waals surface area contributed by atoms with Gasteiger partial charge in [0.25, 0.3) is 0 Å². The summed E-state index contributed by atoms with van der Waals surface area (Å²) < 4.78 is 6.78. The molecule has 2 heteroatoms. The van der Waals surface area contributed by atoms with Crippen LogP contribution in [0.25, 0.3) is 0 Å². The molecule has 2 unspecified atom stereocenters. The van der Waals surface area contributed by atoms with E-state index >= 15 is 0 Å². The maximum atomic E-state index is 6.78. The number of morpholine rings is 1. The molecule has 1 spiro atoms. The molecule has 2 nitrogen and oxygen atoms in total. The van der Waals surface area contributed by atoms with Crippen molar-refractivity contribution in [2.75, 3.05) is 13.1 Å². The number of ether oxygens (including phenoxy) is 1. The quantitative estimate of drug-likeness (QED) is 0.803. The van der Waals surface area contributed by atoms with Gasteiger partial charge in [-0.15, -0.1) is 0 Å². The summed E-state index contributed by atoms with van der Waals surface area (Å²) in [6.07, 6.45) is 8.77. The van der Waals surface area contributed by atoms with Gasteiger partial charge in [0.1, 0.15) is 0 Å². The van der Waals surface area contributed by atoms with Crippen LogP contribution in [-0.2, 0) is 4.74 Å². The second-order valence-electron chi connectivity index (χ2n) is 8.27. The second kappa shape index (κ2) is 5.96. The average Bonchev–Trinajstić information content (AvgIpc) is 2.61.